The number of nitrogens with one attached hydrogen (secondary N) is 1. The molecule has 0 amide bonds. The largest absolute Gasteiger partial charge is 0.390 e. The van der Waals surface area contributed by atoms with E-state index in [0.717, 1.165) is 18.5 Å². The molecule has 1 aromatic rings. The summed E-state index contributed by atoms with van der Waals surface area (Å²) in [6.07, 6.45) is 0.119. The lowest BCUT2D eigenvalue weighted by Crippen LogP contribution is -2.21. The molecule has 0 radical (unpaired) electrons. The Morgan fingerprint density at radius 2 is 2.12 bits per heavy atom. The Kier molecular flexibility index (Phi) is 4.86. The fraction of sp³-hybridized carbons (Fsp3) is 0.636. The predicted octanol–water partition coefficient (Wildman–Crippen LogP) is 2.94. The van der Waals surface area contributed by atoms with Crippen LogP contribution in [0.1, 0.15) is 25.3 Å². The molecule has 92 valence electrons. The van der Waals surface area contributed by atoms with Gasteiger partial charge in [0.25, 0.3) is 0 Å². The number of halogens is 3. The summed E-state index contributed by atoms with van der Waals surface area (Å²) >= 11 is 0. The van der Waals surface area contributed by atoms with Gasteiger partial charge in [0.1, 0.15) is 0 Å². The molecule has 2 nitrogen and oxygen atoms in total. The van der Waals surface area contributed by atoms with Crippen molar-refractivity contribution in [3.8, 4) is 0 Å². The molecule has 0 saturated carbocycles. The van der Waals surface area contributed by atoms with Crippen LogP contribution in [0.4, 0.5) is 13.2 Å². The first-order chi connectivity index (χ1) is 7.51. The third-order valence-corrected chi connectivity index (χ3v) is 2.21. The van der Waals surface area contributed by atoms with Gasteiger partial charge in [-0.3, -0.25) is 0 Å². The smallest absolute Gasteiger partial charge is 0.354 e. The van der Waals surface area contributed by atoms with Gasteiger partial charge in [0.15, 0.2) is 0 Å². The lowest BCUT2D eigenvalue weighted by atomic mass is 10.3. The van der Waals surface area contributed by atoms with Crippen molar-refractivity contribution in [2.24, 2.45) is 0 Å². The number of aryl methyl sites for hydroxylation is 1. The second kappa shape index (κ2) is 5.94. The van der Waals surface area contributed by atoms with Crippen molar-refractivity contribution in [2.75, 3.05) is 6.54 Å². The van der Waals surface area contributed by atoms with Crippen LogP contribution >= 0.6 is 0 Å². The highest BCUT2D eigenvalue weighted by atomic mass is 19.4. The van der Waals surface area contributed by atoms with Crippen molar-refractivity contribution >= 4 is 0 Å². The van der Waals surface area contributed by atoms with Crippen LogP contribution in [-0.4, -0.2) is 17.3 Å². The first-order valence-electron chi connectivity index (χ1n) is 5.43. The zero-order chi connectivity index (χ0) is 12.0. The molecule has 1 aromatic heterocycles. The van der Waals surface area contributed by atoms with Crippen LogP contribution in [0.3, 0.4) is 0 Å². The topological polar surface area (TPSA) is 17.0 Å². The van der Waals surface area contributed by atoms with Gasteiger partial charge in [0, 0.05) is 32.0 Å². The minimum Gasteiger partial charge on any atom is -0.354 e. The van der Waals surface area contributed by atoms with Gasteiger partial charge in [-0.05, 0) is 18.1 Å². The molecule has 0 bridgehead atoms. The van der Waals surface area contributed by atoms with Crippen LogP contribution in [0.2, 0.25) is 0 Å². The van der Waals surface area contributed by atoms with Gasteiger partial charge in [-0.15, -0.1) is 0 Å². The maximum Gasteiger partial charge on any atom is 0.390 e. The molecule has 0 aliphatic heterocycles. The molecule has 0 unspecified atom stereocenters. The molecule has 1 N–H and O–H groups in total. The number of hydrogen-bond donors (Lipinski definition) is 1. The SMILES string of the molecule is CCCn1ccc(CNCCC(F)(F)F)c1. The second-order valence-electron chi connectivity index (χ2n) is 3.80. The highest BCUT2D eigenvalue weighted by Crippen LogP contribution is 2.18. The molecule has 1 heterocycles. The van der Waals surface area contributed by atoms with Crippen molar-refractivity contribution in [2.45, 2.75) is 39.0 Å². The monoisotopic (exact) mass is 234 g/mol. The molecule has 16 heavy (non-hydrogen) atoms. The zero-order valence-corrected chi connectivity index (χ0v) is 9.35. The van der Waals surface area contributed by atoms with Crippen molar-refractivity contribution in [1.29, 1.82) is 0 Å². The summed E-state index contributed by atoms with van der Waals surface area (Å²) in [5, 5.41) is 2.78. The number of alkyl halides is 3. The van der Waals surface area contributed by atoms with E-state index in [1.807, 2.05) is 23.0 Å². The van der Waals surface area contributed by atoms with Crippen LogP contribution in [0.25, 0.3) is 0 Å². The number of hydrogen-bond acceptors (Lipinski definition) is 1. The Hall–Kier alpha value is -0.970. The van der Waals surface area contributed by atoms with E-state index in [2.05, 4.69) is 12.2 Å². The summed E-state index contributed by atoms with van der Waals surface area (Å²) in [6, 6.07) is 1.93. The predicted molar refractivity (Wildman–Crippen MR) is 57.1 cm³/mol. The Morgan fingerprint density at radius 1 is 1.38 bits per heavy atom. The van der Waals surface area contributed by atoms with Gasteiger partial charge in [-0.1, -0.05) is 6.92 Å². The summed E-state index contributed by atoms with van der Waals surface area (Å²) in [5.74, 6) is 0. The zero-order valence-electron chi connectivity index (χ0n) is 9.35. The van der Waals surface area contributed by atoms with E-state index in [-0.39, 0.29) is 6.54 Å². The third-order valence-electron chi connectivity index (χ3n) is 2.21. The summed E-state index contributed by atoms with van der Waals surface area (Å²) in [5.41, 5.74) is 1.02. The molecule has 5 heteroatoms. The van der Waals surface area contributed by atoms with E-state index in [0.29, 0.717) is 6.54 Å². The lowest BCUT2D eigenvalue weighted by Gasteiger charge is -2.06. The Balaban J connectivity index is 2.21. The molecule has 0 saturated heterocycles. The minimum absolute atomic E-state index is 0.0253. The Morgan fingerprint density at radius 3 is 2.75 bits per heavy atom. The van der Waals surface area contributed by atoms with Crippen molar-refractivity contribution in [1.82, 2.24) is 9.88 Å². The van der Waals surface area contributed by atoms with E-state index in [1.165, 1.54) is 0 Å². The molecule has 1 rings (SSSR count). The average Bonchev–Trinajstić information content (AvgIpc) is 2.60. The Labute approximate surface area is 93.5 Å². The van der Waals surface area contributed by atoms with Gasteiger partial charge in [0.2, 0.25) is 0 Å². The van der Waals surface area contributed by atoms with Crippen molar-refractivity contribution in [3.05, 3.63) is 24.0 Å². The first kappa shape index (κ1) is 13.1. The molecular weight excluding hydrogens is 217 g/mol. The van der Waals surface area contributed by atoms with Crippen LogP contribution in [-0.2, 0) is 13.1 Å². The van der Waals surface area contributed by atoms with E-state index in [9.17, 15) is 13.2 Å². The molecule has 0 aliphatic rings. The number of rotatable bonds is 6. The van der Waals surface area contributed by atoms with Gasteiger partial charge in [-0.2, -0.15) is 13.2 Å². The fourth-order valence-corrected chi connectivity index (χ4v) is 1.46. The maximum atomic E-state index is 11.8. The first-order valence-corrected chi connectivity index (χ1v) is 5.43. The molecule has 0 spiro atoms. The summed E-state index contributed by atoms with van der Waals surface area (Å²) in [4.78, 5) is 0. The minimum atomic E-state index is -4.07. The maximum absolute atomic E-state index is 11.8. The van der Waals surface area contributed by atoms with E-state index in [1.54, 1.807) is 0 Å². The molecule has 0 aromatic carbocycles. The van der Waals surface area contributed by atoms with Crippen LogP contribution < -0.4 is 5.32 Å². The molecule has 0 fully saturated rings. The fourth-order valence-electron chi connectivity index (χ4n) is 1.46. The lowest BCUT2D eigenvalue weighted by molar-refractivity contribution is -0.133. The summed E-state index contributed by atoms with van der Waals surface area (Å²) in [6.45, 7) is 3.50. The average molecular weight is 234 g/mol. The van der Waals surface area contributed by atoms with Gasteiger partial charge in [-0.25, -0.2) is 0 Å². The van der Waals surface area contributed by atoms with E-state index >= 15 is 0 Å². The summed E-state index contributed by atoms with van der Waals surface area (Å²) in [7, 11) is 0. The quantitative estimate of drug-likeness (QED) is 0.749. The summed E-state index contributed by atoms with van der Waals surface area (Å²) < 4.78 is 37.6. The highest BCUT2D eigenvalue weighted by molar-refractivity contribution is 5.09. The molecule has 0 aliphatic carbocycles. The number of nitrogens with zero attached hydrogens (tertiary/aromatic N) is 1. The third kappa shape index (κ3) is 5.21. The highest BCUT2D eigenvalue weighted by Gasteiger charge is 2.25. The standard InChI is InChI=1S/C11H17F3N2/c1-2-6-16-7-3-10(9-16)8-15-5-4-11(12,13)14/h3,7,9,15H,2,4-6,8H2,1H3. The van der Waals surface area contributed by atoms with Crippen LogP contribution in [0, 0.1) is 0 Å². The molecular formula is C11H17F3N2. The van der Waals surface area contributed by atoms with Gasteiger partial charge in [0.05, 0.1) is 6.42 Å². The molecule has 0 atom stereocenters. The normalized spacial score (nSPS) is 12.0. The van der Waals surface area contributed by atoms with E-state index in [4.69, 9.17) is 0 Å². The van der Waals surface area contributed by atoms with Gasteiger partial charge >= 0.3 is 6.18 Å². The van der Waals surface area contributed by atoms with Crippen molar-refractivity contribution < 1.29 is 13.2 Å². The number of aromatic nitrogens is 1. The second-order valence-corrected chi connectivity index (χ2v) is 3.80. The van der Waals surface area contributed by atoms with Gasteiger partial charge < -0.3 is 9.88 Å². The van der Waals surface area contributed by atoms with E-state index < -0.39 is 12.6 Å². The van der Waals surface area contributed by atoms with Crippen molar-refractivity contribution in [3.63, 3.8) is 0 Å². The van der Waals surface area contributed by atoms with Crippen LogP contribution in [0.5, 0.6) is 0 Å². The Bertz CT molecular complexity index is 304. The van der Waals surface area contributed by atoms with Crippen LogP contribution in [0.15, 0.2) is 18.5 Å².